The number of rotatable bonds is 5. The number of nitrogens with one attached hydrogen (secondary N) is 1. The summed E-state index contributed by atoms with van der Waals surface area (Å²) in [4.78, 5) is 24.7. The maximum Gasteiger partial charge on any atom is 0.369 e. The monoisotopic (exact) mass is 383 g/mol. The van der Waals surface area contributed by atoms with Gasteiger partial charge in [0.1, 0.15) is 11.5 Å². The summed E-state index contributed by atoms with van der Waals surface area (Å²) in [6.45, 7) is 1.80. The normalized spacial score (nSPS) is 14.6. The summed E-state index contributed by atoms with van der Waals surface area (Å²) in [6, 6.07) is 9.92. The number of amides is 1. The van der Waals surface area contributed by atoms with Gasteiger partial charge in [-0.3, -0.25) is 4.79 Å². The number of benzene rings is 1. The quantitative estimate of drug-likeness (QED) is 0.733. The van der Waals surface area contributed by atoms with Gasteiger partial charge in [-0.15, -0.1) is 11.3 Å². The number of tetrazole rings is 1. The number of hydrogen-bond acceptors (Lipinski definition) is 5. The number of hydrogen-bond donors (Lipinski definition) is 1. The molecule has 0 saturated carbocycles. The van der Waals surface area contributed by atoms with Gasteiger partial charge in [-0.05, 0) is 77.2 Å². The molecule has 27 heavy (non-hydrogen) atoms. The van der Waals surface area contributed by atoms with Crippen LogP contribution in [0.15, 0.2) is 40.5 Å². The van der Waals surface area contributed by atoms with Gasteiger partial charge in [-0.2, -0.15) is 9.36 Å². The highest BCUT2D eigenvalue weighted by atomic mass is 32.1. The summed E-state index contributed by atoms with van der Waals surface area (Å²) in [6.07, 6.45) is 4.71. The van der Waals surface area contributed by atoms with Crippen LogP contribution in [0.1, 0.15) is 42.5 Å². The Morgan fingerprint density at radius 3 is 2.81 bits per heavy atom. The fourth-order valence-corrected chi connectivity index (χ4v) is 4.10. The summed E-state index contributed by atoms with van der Waals surface area (Å²) >= 11 is 1.39. The first-order valence-electron chi connectivity index (χ1n) is 9.09. The number of aryl methyl sites for hydroxylation is 2. The maximum atomic E-state index is 12.4. The standard InChI is InChI=1S/C19H21N5O2S/c1-13(15-9-8-14-5-2-3-6-16(14)11-15)20-17(25)12-23-19(26)24(22-21-23)18-7-4-10-27-18/h4,7-11,13H,2-3,5-6,12H2,1H3,(H,20,25)/t13-/m0/s1. The maximum absolute atomic E-state index is 12.4. The minimum Gasteiger partial charge on any atom is -0.348 e. The van der Waals surface area contributed by atoms with E-state index >= 15 is 0 Å². The molecule has 3 aromatic rings. The lowest BCUT2D eigenvalue weighted by molar-refractivity contribution is -0.122. The van der Waals surface area contributed by atoms with Crippen LogP contribution in [-0.2, 0) is 24.2 Å². The van der Waals surface area contributed by atoms with Gasteiger partial charge in [0.15, 0.2) is 0 Å². The Bertz CT molecular complexity index is 1010. The molecule has 0 fully saturated rings. The molecule has 1 aliphatic carbocycles. The second kappa shape index (κ2) is 7.48. The van der Waals surface area contributed by atoms with Gasteiger partial charge in [0, 0.05) is 0 Å². The van der Waals surface area contributed by atoms with Crippen molar-refractivity contribution >= 4 is 17.2 Å². The lowest BCUT2D eigenvalue weighted by Crippen LogP contribution is -2.34. The smallest absolute Gasteiger partial charge is 0.348 e. The van der Waals surface area contributed by atoms with E-state index in [9.17, 15) is 9.59 Å². The van der Waals surface area contributed by atoms with E-state index in [0.29, 0.717) is 5.00 Å². The number of carbonyl (C=O) groups excluding carboxylic acids is 1. The Labute approximate surface area is 160 Å². The molecule has 0 unspecified atom stereocenters. The van der Waals surface area contributed by atoms with Crippen molar-refractivity contribution in [3.05, 3.63) is 62.9 Å². The van der Waals surface area contributed by atoms with E-state index in [0.717, 1.165) is 23.1 Å². The molecule has 2 heterocycles. The molecule has 1 N–H and O–H groups in total. The van der Waals surface area contributed by atoms with Crippen molar-refractivity contribution in [3.8, 4) is 5.00 Å². The van der Waals surface area contributed by atoms with Crippen molar-refractivity contribution in [2.24, 2.45) is 0 Å². The van der Waals surface area contributed by atoms with Crippen LogP contribution in [0.5, 0.6) is 0 Å². The molecule has 7 nitrogen and oxygen atoms in total. The van der Waals surface area contributed by atoms with Crippen molar-refractivity contribution in [1.29, 1.82) is 0 Å². The van der Waals surface area contributed by atoms with Crippen molar-refractivity contribution in [3.63, 3.8) is 0 Å². The van der Waals surface area contributed by atoms with Crippen LogP contribution < -0.4 is 11.0 Å². The van der Waals surface area contributed by atoms with Crippen molar-refractivity contribution in [1.82, 2.24) is 25.1 Å². The first kappa shape index (κ1) is 17.7. The highest BCUT2D eigenvalue weighted by molar-refractivity contribution is 7.12. The third-order valence-corrected chi connectivity index (χ3v) is 5.74. The fourth-order valence-electron chi connectivity index (χ4n) is 3.43. The number of carbonyl (C=O) groups is 1. The van der Waals surface area contributed by atoms with Crippen molar-refractivity contribution in [2.45, 2.75) is 45.2 Å². The highest BCUT2D eigenvalue weighted by Crippen LogP contribution is 2.24. The Morgan fingerprint density at radius 2 is 2.04 bits per heavy atom. The van der Waals surface area contributed by atoms with Crippen LogP contribution in [0.4, 0.5) is 0 Å². The van der Waals surface area contributed by atoms with Crippen LogP contribution in [0.25, 0.3) is 5.00 Å². The minimum atomic E-state index is -0.422. The number of fused-ring (bicyclic) bond motifs is 1. The Kier molecular flexibility index (Phi) is 4.89. The summed E-state index contributed by atoms with van der Waals surface area (Å²) in [5, 5.41) is 13.1. The highest BCUT2D eigenvalue weighted by Gasteiger charge is 2.16. The Hall–Kier alpha value is -2.74. The lowest BCUT2D eigenvalue weighted by atomic mass is 9.89. The van der Waals surface area contributed by atoms with E-state index in [-0.39, 0.29) is 18.5 Å². The van der Waals surface area contributed by atoms with Crippen LogP contribution in [0.2, 0.25) is 0 Å². The van der Waals surface area contributed by atoms with E-state index < -0.39 is 5.69 Å². The summed E-state index contributed by atoms with van der Waals surface area (Å²) in [5.74, 6) is -0.263. The van der Waals surface area contributed by atoms with Gasteiger partial charge >= 0.3 is 5.69 Å². The molecule has 2 aromatic heterocycles. The second-order valence-corrected chi connectivity index (χ2v) is 7.73. The SMILES string of the molecule is C[C@H](NC(=O)Cn1nnn(-c2cccs2)c1=O)c1ccc2c(c1)CCCC2. The van der Waals surface area contributed by atoms with Gasteiger partial charge in [-0.1, -0.05) is 18.2 Å². The molecule has 0 radical (unpaired) electrons. The molecular formula is C19H21N5O2S. The molecule has 8 heteroatoms. The molecule has 4 rings (SSSR count). The van der Waals surface area contributed by atoms with E-state index in [2.05, 4.69) is 33.9 Å². The van der Waals surface area contributed by atoms with E-state index in [1.54, 1.807) is 6.07 Å². The lowest BCUT2D eigenvalue weighted by Gasteiger charge is -2.20. The van der Waals surface area contributed by atoms with Gasteiger partial charge in [0.25, 0.3) is 0 Å². The molecule has 0 spiro atoms. The number of thiophene rings is 1. The molecular weight excluding hydrogens is 362 g/mol. The fraction of sp³-hybridized carbons (Fsp3) is 0.368. The molecule has 140 valence electrons. The number of aromatic nitrogens is 4. The molecule has 1 aromatic carbocycles. The van der Waals surface area contributed by atoms with Gasteiger partial charge in [-0.25, -0.2) is 4.79 Å². The molecule has 0 saturated heterocycles. The van der Waals surface area contributed by atoms with Crippen LogP contribution >= 0.6 is 11.3 Å². The molecule has 0 bridgehead atoms. The molecule has 1 aliphatic rings. The van der Waals surface area contributed by atoms with E-state index in [1.165, 1.54) is 40.0 Å². The summed E-state index contributed by atoms with van der Waals surface area (Å²) < 4.78 is 2.28. The average molecular weight is 383 g/mol. The Balaban J connectivity index is 1.43. The van der Waals surface area contributed by atoms with Crippen molar-refractivity contribution in [2.75, 3.05) is 0 Å². The molecule has 1 atom stereocenters. The third kappa shape index (κ3) is 3.71. The van der Waals surface area contributed by atoms with Gasteiger partial charge in [0.2, 0.25) is 5.91 Å². The van der Waals surface area contributed by atoms with Gasteiger partial charge in [0.05, 0.1) is 6.04 Å². The first-order valence-corrected chi connectivity index (χ1v) is 9.97. The third-order valence-electron chi connectivity index (χ3n) is 4.90. The minimum absolute atomic E-state index is 0.132. The summed E-state index contributed by atoms with van der Waals surface area (Å²) in [7, 11) is 0. The largest absolute Gasteiger partial charge is 0.369 e. The van der Waals surface area contributed by atoms with Crippen molar-refractivity contribution < 1.29 is 4.79 Å². The zero-order valence-electron chi connectivity index (χ0n) is 15.1. The Morgan fingerprint density at radius 1 is 1.22 bits per heavy atom. The predicted octanol–water partition coefficient (Wildman–Crippen LogP) is 2.25. The zero-order chi connectivity index (χ0) is 18.8. The van der Waals surface area contributed by atoms with Gasteiger partial charge < -0.3 is 5.32 Å². The number of nitrogens with zero attached hydrogens (tertiary/aromatic N) is 4. The predicted molar refractivity (Wildman–Crippen MR) is 103 cm³/mol. The van der Waals surface area contributed by atoms with Crippen LogP contribution in [0.3, 0.4) is 0 Å². The topological polar surface area (TPSA) is 81.8 Å². The second-order valence-electron chi connectivity index (χ2n) is 6.81. The zero-order valence-corrected chi connectivity index (χ0v) is 15.9. The van der Waals surface area contributed by atoms with Crippen LogP contribution in [0, 0.1) is 0 Å². The van der Waals surface area contributed by atoms with E-state index in [1.807, 2.05) is 18.4 Å². The average Bonchev–Trinajstić information content (AvgIpc) is 3.32. The van der Waals surface area contributed by atoms with E-state index in [4.69, 9.17) is 0 Å². The molecule has 1 amide bonds. The first-order chi connectivity index (χ1) is 13.1. The summed E-state index contributed by atoms with van der Waals surface area (Å²) in [5.41, 5.74) is 3.46. The van der Waals surface area contributed by atoms with Crippen LogP contribution in [-0.4, -0.2) is 25.7 Å². The molecule has 0 aliphatic heterocycles.